The maximum atomic E-state index is 11.6. The van der Waals surface area contributed by atoms with Gasteiger partial charge in [-0.15, -0.1) is 11.3 Å². The van der Waals surface area contributed by atoms with Crippen molar-refractivity contribution < 1.29 is 14.7 Å². The molecule has 2 aromatic heterocycles. The number of thiophene rings is 1. The van der Waals surface area contributed by atoms with Crippen molar-refractivity contribution in [3.63, 3.8) is 0 Å². The summed E-state index contributed by atoms with van der Waals surface area (Å²) in [6.07, 6.45) is -0.381. The number of aliphatic carboxylic acids is 1. The van der Waals surface area contributed by atoms with Crippen molar-refractivity contribution in [2.45, 2.75) is 6.42 Å². The number of carboxylic acids is 1. The lowest BCUT2D eigenvalue weighted by Crippen LogP contribution is -2.10. The van der Waals surface area contributed by atoms with Crippen molar-refractivity contribution in [3.05, 3.63) is 38.9 Å². The summed E-state index contributed by atoms with van der Waals surface area (Å²) in [5.41, 5.74) is 12.5. The molecule has 1 aromatic carbocycles. The number of carboxylic acid groups (broad SMARTS) is 1. The van der Waals surface area contributed by atoms with E-state index in [1.807, 2.05) is 0 Å². The molecule has 3 rings (SSSR count). The Morgan fingerprint density at radius 3 is 2.52 bits per heavy atom. The van der Waals surface area contributed by atoms with Gasteiger partial charge in [0.05, 0.1) is 26.8 Å². The van der Waals surface area contributed by atoms with Gasteiger partial charge in [0.15, 0.2) is 0 Å². The van der Waals surface area contributed by atoms with Crippen LogP contribution in [0.15, 0.2) is 18.2 Å². The highest BCUT2D eigenvalue weighted by Crippen LogP contribution is 2.39. The fraction of sp³-hybridized carbons (Fsp3) is 0.0667. The summed E-state index contributed by atoms with van der Waals surface area (Å²) < 4.78 is 0. The lowest BCUT2D eigenvalue weighted by Gasteiger charge is -2.07. The second-order valence-corrected chi connectivity index (χ2v) is 6.89. The Labute approximate surface area is 155 Å². The van der Waals surface area contributed by atoms with E-state index >= 15 is 0 Å². The number of primary amides is 1. The molecule has 0 radical (unpaired) electrons. The molecule has 2 heterocycles. The highest BCUT2D eigenvalue weighted by Gasteiger charge is 2.21. The quantitative estimate of drug-likeness (QED) is 0.620. The van der Waals surface area contributed by atoms with Crippen LogP contribution in [-0.2, 0) is 11.2 Å². The number of aromatic nitrogens is 2. The van der Waals surface area contributed by atoms with Crippen LogP contribution < -0.4 is 11.5 Å². The fourth-order valence-electron chi connectivity index (χ4n) is 2.32. The zero-order chi connectivity index (χ0) is 18.3. The number of nitrogens with two attached hydrogens (primary N) is 2. The number of nitrogens with zero attached hydrogens (tertiary/aromatic N) is 2. The molecule has 0 fully saturated rings. The van der Waals surface area contributed by atoms with E-state index in [-0.39, 0.29) is 22.8 Å². The zero-order valence-corrected chi connectivity index (χ0v) is 14.7. The van der Waals surface area contributed by atoms with Gasteiger partial charge in [0.2, 0.25) is 0 Å². The van der Waals surface area contributed by atoms with E-state index in [0.29, 0.717) is 31.5 Å². The van der Waals surface area contributed by atoms with Crippen molar-refractivity contribution in [1.29, 1.82) is 0 Å². The number of rotatable bonds is 4. The van der Waals surface area contributed by atoms with E-state index in [4.69, 9.17) is 39.8 Å². The molecule has 0 aliphatic carbocycles. The van der Waals surface area contributed by atoms with E-state index in [1.54, 1.807) is 18.2 Å². The number of anilines is 1. The highest BCUT2D eigenvalue weighted by molar-refractivity contribution is 7.21. The van der Waals surface area contributed by atoms with Crippen molar-refractivity contribution in [3.8, 4) is 11.3 Å². The number of benzene rings is 1. The Morgan fingerprint density at radius 2 is 1.92 bits per heavy atom. The average molecular weight is 397 g/mol. The van der Waals surface area contributed by atoms with Crippen LogP contribution in [0.1, 0.15) is 15.5 Å². The first kappa shape index (κ1) is 17.4. The number of carbonyl (C=O) groups excluding carboxylic acids is 1. The van der Waals surface area contributed by atoms with E-state index in [0.717, 1.165) is 11.3 Å². The summed E-state index contributed by atoms with van der Waals surface area (Å²) in [7, 11) is 0. The molecule has 3 aromatic rings. The van der Waals surface area contributed by atoms with Crippen LogP contribution in [0.5, 0.6) is 0 Å². The maximum absolute atomic E-state index is 11.6. The number of halogens is 2. The van der Waals surface area contributed by atoms with Crippen LogP contribution in [-0.4, -0.2) is 27.0 Å². The van der Waals surface area contributed by atoms with Crippen LogP contribution in [0.3, 0.4) is 0 Å². The van der Waals surface area contributed by atoms with Crippen molar-refractivity contribution in [1.82, 2.24) is 9.97 Å². The van der Waals surface area contributed by atoms with E-state index < -0.39 is 11.9 Å². The summed E-state index contributed by atoms with van der Waals surface area (Å²) in [5, 5.41) is 10.1. The minimum atomic E-state index is -1.08. The molecular formula is C15H10Cl2N4O3S. The number of nitrogen functional groups attached to an aromatic ring is 1. The third-order valence-electron chi connectivity index (χ3n) is 3.36. The van der Waals surface area contributed by atoms with Gasteiger partial charge in [0.25, 0.3) is 5.91 Å². The third-order valence-corrected chi connectivity index (χ3v) is 5.21. The van der Waals surface area contributed by atoms with Crippen LogP contribution in [0.25, 0.3) is 21.5 Å². The normalized spacial score (nSPS) is 11.0. The molecule has 0 aliphatic heterocycles. The average Bonchev–Trinajstić information content (AvgIpc) is 2.86. The summed E-state index contributed by atoms with van der Waals surface area (Å²) in [4.78, 5) is 31.6. The van der Waals surface area contributed by atoms with Gasteiger partial charge in [0.1, 0.15) is 22.0 Å². The molecule has 0 aliphatic rings. The summed E-state index contributed by atoms with van der Waals surface area (Å²) >= 11 is 13.0. The predicted octanol–water partition coefficient (Wildman–Crippen LogP) is 2.97. The molecule has 1 amide bonds. The van der Waals surface area contributed by atoms with Gasteiger partial charge >= 0.3 is 5.97 Å². The zero-order valence-electron chi connectivity index (χ0n) is 12.4. The standard InChI is InChI=1S/C15H10Cl2N4O3S/c16-6-2-1-5(3-7(6)17)12-10-11(18)13(14(19)24)25-15(10)21-8(20-12)4-9(22)23/h1-3H,4,18H2,(H2,19,24)(H,22,23). The minimum absolute atomic E-state index is 0.0818. The Kier molecular flexibility index (Phi) is 4.51. The largest absolute Gasteiger partial charge is 0.481 e. The van der Waals surface area contributed by atoms with E-state index in [1.165, 1.54) is 0 Å². The van der Waals surface area contributed by atoms with Gasteiger partial charge in [-0.1, -0.05) is 29.3 Å². The number of carbonyl (C=O) groups is 2. The number of fused-ring (bicyclic) bond motifs is 1. The molecule has 25 heavy (non-hydrogen) atoms. The maximum Gasteiger partial charge on any atom is 0.311 e. The van der Waals surface area contributed by atoms with Crippen molar-refractivity contribution in [2.24, 2.45) is 5.73 Å². The lowest BCUT2D eigenvalue weighted by molar-refractivity contribution is -0.136. The molecule has 0 atom stereocenters. The van der Waals surface area contributed by atoms with Crippen molar-refractivity contribution >= 4 is 62.3 Å². The minimum Gasteiger partial charge on any atom is -0.481 e. The fourth-order valence-corrected chi connectivity index (χ4v) is 3.58. The first-order valence-corrected chi connectivity index (χ1v) is 8.41. The second-order valence-electron chi connectivity index (χ2n) is 5.08. The van der Waals surface area contributed by atoms with Gasteiger partial charge in [-0.2, -0.15) is 0 Å². The van der Waals surface area contributed by atoms with Gasteiger partial charge < -0.3 is 16.6 Å². The van der Waals surface area contributed by atoms with Crippen LogP contribution in [0, 0.1) is 0 Å². The van der Waals surface area contributed by atoms with E-state index in [9.17, 15) is 9.59 Å². The lowest BCUT2D eigenvalue weighted by atomic mass is 10.1. The number of hydrogen-bond donors (Lipinski definition) is 3. The highest BCUT2D eigenvalue weighted by atomic mass is 35.5. The Morgan fingerprint density at radius 1 is 1.20 bits per heavy atom. The van der Waals surface area contributed by atoms with Gasteiger partial charge in [-0.3, -0.25) is 9.59 Å². The van der Waals surface area contributed by atoms with Crippen molar-refractivity contribution in [2.75, 3.05) is 5.73 Å². The monoisotopic (exact) mass is 396 g/mol. The molecule has 7 nitrogen and oxygen atoms in total. The third kappa shape index (κ3) is 3.23. The molecule has 0 unspecified atom stereocenters. The molecule has 0 bridgehead atoms. The molecular weight excluding hydrogens is 387 g/mol. The Hall–Kier alpha value is -2.42. The topological polar surface area (TPSA) is 132 Å². The molecule has 10 heteroatoms. The second kappa shape index (κ2) is 6.47. The molecule has 0 saturated carbocycles. The Balaban J connectivity index is 2.34. The molecule has 0 saturated heterocycles. The number of amides is 1. The molecule has 0 spiro atoms. The van der Waals surface area contributed by atoms with Crippen LogP contribution >= 0.6 is 34.5 Å². The summed E-state index contributed by atoms with van der Waals surface area (Å²) in [5.74, 6) is -1.70. The van der Waals surface area contributed by atoms with Gasteiger partial charge in [0, 0.05) is 5.56 Å². The Bertz CT molecular complexity index is 1040. The smallest absolute Gasteiger partial charge is 0.311 e. The molecule has 5 N–H and O–H groups in total. The summed E-state index contributed by atoms with van der Waals surface area (Å²) in [6.45, 7) is 0. The van der Waals surface area contributed by atoms with Crippen LogP contribution in [0.4, 0.5) is 5.69 Å². The van der Waals surface area contributed by atoms with Gasteiger partial charge in [-0.25, -0.2) is 9.97 Å². The van der Waals surface area contributed by atoms with Crippen LogP contribution in [0.2, 0.25) is 10.0 Å². The van der Waals surface area contributed by atoms with E-state index in [2.05, 4.69) is 9.97 Å². The summed E-state index contributed by atoms with van der Waals surface area (Å²) in [6, 6.07) is 4.83. The predicted molar refractivity (Wildman–Crippen MR) is 97.1 cm³/mol. The first-order chi connectivity index (χ1) is 11.8. The number of hydrogen-bond acceptors (Lipinski definition) is 6. The molecule has 128 valence electrons. The first-order valence-electron chi connectivity index (χ1n) is 6.83. The SMILES string of the molecule is NC(=O)c1sc2nc(CC(=O)O)nc(-c3ccc(Cl)c(Cl)c3)c2c1N. The van der Waals surface area contributed by atoms with Gasteiger partial charge in [-0.05, 0) is 12.1 Å².